The van der Waals surface area contributed by atoms with Crippen LogP contribution in [0.3, 0.4) is 0 Å². The summed E-state index contributed by atoms with van der Waals surface area (Å²) in [5, 5.41) is 8.77. The minimum Gasteiger partial charge on any atom is -0.374 e. The molecule has 5 nitrogen and oxygen atoms in total. The number of halogens is 1. The molecule has 2 heterocycles. The van der Waals surface area contributed by atoms with E-state index in [9.17, 15) is 0 Å². The van der Waals surface area contributed by atoms with Gasteiger partial charge in [-0.25, -0.2) is 0 Å². The second-order valence-corrected chi connectivity index (χ2v) is 7.14. The third-order valence-corrected chi connectivity index (χ3v) is 5.03. The average molecular weight is 327 g/mol. The van der Waals surface area contributed by atoms with Crippen molar-refractivity contribution in [3.05, 3.63) is 16.4 Å². The molecule has 0 spiro atoms. The molecule has 1 aromatic rings. The highest BCUT2D eigenvalue weighted by atomic mass is 35.5. The molecule has 1 saturated carbocycles. The Morgan fingerprint density at radius 1 is 1.41 bits per heavy atom. The van der Waals surface area contributed by atoms with Gasteiger partial charge in [0.1, 0.15) is 5.15 Å². The standard InChI is InChI=1S/C16H27ClN4O/c1-11(2)15-14(16(17)20(3)19-15)9-18-8-13-10-21(6-7-22-13)12-4-5-12/h11-13,18H,4-10H2,1-3H3/t13-/m0/s1. The van der Waals surface area contributed by atoms with Gasteiger partial charge in [-0.2, -0.15) is 5.10 Å². The topological polar surface area (TPSA) is 42.3 Å². The normalized spacial score (nSPS) is 23.4. The van der Waals surface area contributed by atoms with Gasteiger partial charge in [-0.1, -0.05) is 25.4 Å². The Labute approximate surface area is 137 Å². The summed E-state index contributed by atoms with van der Waals surface area (Å²) in [4.78, 5) is 2.58. The molecule has 1 aliphatic heterocycles. The fourth-order valence-electron chi connectivity index (χ4n) is 3.19. The van der Waals surface area contributed by atoms with Gasteiger partial charge in [-0.05, 0) is 18.8 Å². The molecule has 0 unspecified atom stereocenters. The van der Waals surface area contributed by atoms with E-state index in [2.05, 4.69) is 29.2 Å². The number of rotatable bonds is 6. The van der Waals surface area contributed by atoms with Crippen molar-refractivity contribution in [3.8, 4) is 0 Å². The summed E-state index contributed by atoms with van der Waals surface area (Å²) < 4.78 is 7.64. The predicted molar refractivity (Wildman–Crippen MR) is 88.3 cm³/mol. The van der Waals surface area contributed by atoms with Crippen molar-refractivity contribution >= 4 is 11.6 Å². The fourth-order valence-corrected chi connectivity index (χ4v) is 3.39. The van der Waals surface area contributed by atoms with Gasteiger partial charge in [0.15, 0.2) is 0 Å². The van der Waals surface area contributed by atoms with E-state index in [4.69, 9.17) is 16.3 Å². The van der Waals surface area contributed by atoms with Gasteiger partial charge in [-0.15, -0.1) is 0 Å². The summed E-state index contributed by atoms with van der Waals surface area (Å²) in [7, 11) is 1.90. The molecule has 1 saturated heterocycles. The Hall–Kier alpha value is -0.620. The number of nitrogens with zero attached hydrogens (tertiary/aromatic N) is 3. The van der Waals surface area contributed by atoms with E-state index >= 15 is 0 Å². The number of morpholine rings is 1. The summed E-state index contributed by atoms with van der Waals surface area (Å²) in [6.45, 7) is 8.92. The maximum absolute atomic E-state index is 6.37. The monoisotopic (exact) mass is 326 g/mol. The Morgan fingerprint density at radius 3 is 2.86 bits per heavy atom. The number of aryl methyl sites for hydroxylation is 1. The molecule has 3 rings (SSSR count). The Balaban J connectivity index is 1.52. The van der Waals surface area contributed by atoms with E-state index < -0.39 is 0 Å². The van der Waals surface area contributed by atoms with Crippen molar-refractivity contribution < 1.29 is 4.74 Å². The molecule has 1 aliphatic carbocycles. The van der Waals surface area contributed by atoms with Crippen LogP contribution in [0, 0.1) is 0 Å². The Kier molecular flexibility index (Phi) is 5.07. The molecular formula is C16H27ClN4O. The van der Waals surface area contributed by atoms with Crippen LogP contribution in [0.15, 0.2) is 0 Å². The molecule has 1 aromatic heterocycles. The van der Waals surface area contributed by atoms with Gasteiger partial charge in [0.05, 0.1) is 18.4 Å². The lowest BCUT2D eigenvalue weighted by atomic mass is 10.1. The first-order chi connectivity index (χ1) is 10.6. The van der Waals surface area contributed by atoms with Crippen LogP contribution in [0.1, 0.15) is 43.9 Å². The lowest BCUT2D eigenvalue weighted by Gasteiger charge is -2.33. The van der Waals surface area contributed by atoms with E-state index in [0.29, 0.717) is 5.92 Å². The van der Waals surface area contributed by atoms with Gasteiger partial charge >= 0.3 is 0 Å². The second-order valence-electron chi connectivity index (χ2n) is 6.78. The highest BCUT2D eigenvalue weighted by molar-refractivity contribution is 6.30. The van der Waals surface area contributed by atoms with Crippen LogP contribution in [-0.4, -0.2) is 53.1 Å². The third-order valence-electron chi connectivity index (χ3n) is 4.55. The molecular weight excluding hydrogens is 300 g/mol. The van der Waals surface area contributed by atoms with Gasteiger partial charge in [-0.3, -0.25) is 9.58 Å². The van der Waals surface area contributed by atoms with Crippen LogP contribution in [0.25, 0.3) is 0 Å². The predicted octanol–water partition coefficient (Wildman–Crippen LogP) is 2.15. The van der Waals surface area contributed by atoms with E-state index in [1.165, 1.54) is 12.8 Å². The van der Waals surface area contributed by atoms with Crippen molar-refractivity contribution in [1.82, 2.24) is 20.0 Å². The largest absolute Gasteiger partial charge is 0.374 e. The van der Waals surface area contributed by atoms with Crippen LogP contribution < -0.4 is 5.32 Å². The smallest absolute Gasteiger partial charge is 0.131 e. The van der Waals surface area contributed by atoms with Crippen LogP contribution >= 0.6 is 11.6 Å². The zero-order valence-electron chi connectivity index (χ0n) is 13.8. The summed E-state index contributed by atoms with van der Waals surface area (Å²) in [6.07, 6.45) is 3.01. The van der Waals surface area contributed by atoms with Crippen LogP contribution in [0.2, 0.25) is 5.15 Å². The van der Waals surface area contributed by atoms with Crippen molar-refractivity contribution in [2.24, 2.45) is 7.05 Å². The molecule has 0 radical (unpaired) electrons. The molecule has 1 atom stereocenters. The minimum atomic E-state index is 0.285. The van der Waals surface area contributed by atoms with Gasteiger partial charge in [0.2, 0.25) is 0 Å². The van der Waals surface area contributed by atoms with Crippen LogP contribution in [0.4, 0.5) is 0 Å². The first kappa shape index (κ1) is 16.2. The highest BCUT2D eigenvalue weighted by Crippen LogP contribution is 2.28. The summed E-state index contributed by atoms with van der Waals surface area (Å²) in [6, 6.07) is 0.826. The van der Waals surface area contributed by atoms with Gasteiger partial charge in [0, 0.05) is 44.8 Å². The number of hydrogen-bond acceptors (Lipinski definition) is 4. The van der Waals surface area contributed by atoms with E-state index in [1.807, 2.05) is 7.05 Å². The van der Waals surface area contributed by atoms with Crippen molar-refractivity contribution in [1.29, 1.82) is 0 Å². The van der Waals surface area contributed by atoms with Crippen LogP contribution in [0.5, 0.6) is 0 Å². The number of hydrogen-bond donors (Lipinski definition) is 1. The first-order valence-corrected chi connectivity index (χ1v) is 8.71. The fraction of sp³-hybridized carbons (Fsp3) is 0.812. The summed E-state index contributed by atoms with van der Waals surface area (Å²) in [5.74, 6) is 0.381. The van der Waals surface area contributed by atoms with Crippen molar-refractivity contribution in [2.45, 2.75) is 51.3 Å². The van der Waals surface area contributed by atoms with Crippen molar-refractivity contribution in [2.75, 3.05) is 26.2 Å². The lowest BCUT2D eigenvalue weighted by molar-refractivity contribution is -0.0301. The molecule has 2 fully saturated rings. The molecule has 124 valence electrons. The molecule has 6 heteroatoms. The van der Waals surface area contributed by atoms with E-state index in [-0.39, 0.29) is 6.10 Å². The summed E-state index contributed by atoms with van der Waals surface area (Å²) >= 11 is 6.37. The van der Waals surface area contributed by atoms with Gasteiger partial charge < -0.3 is 10.1 Å². The molecule has 0 aromatic carbocycles. The Morgan fingerprint density at radius 2 is 2.18 bits per heavy atom. The molecule has 2 aliphatic rings. The number of aromatic nitrogens is 2. The van der Waals surface area contributed by atoms with Crippen molar-refractivity contribution in [3.63, 3.8) is 0 Å². The third kappa shape index (κ3) is 3.65. The molecule has 1 N–H and O–H groups in total. The minimum absolute atomic E-state index is 0.285. The summed E-state index contributed by atoms with van der Waals surface area (Å²) in [5.41, 5.74) is 2.21. The highest BCUT2D eigenvalue weighted by Gasteiger charge is 2.32. The second kappa shape index (κ2) is 6.87. The zero-order chi connectivity index (χ0) is 15.7. The maximum atomic E-state index is 6.37. The van der Waals surface area contributed by atoms with E-state index in [1.54, 1.807) is 4.68 Å². The number of ether oxygens (including phenoxy) is 1. The molecule has 0 bridgehead atoms. The number of nitrogens with one attached hydrogen (secondary N) is 1. The first-order valence-electron chi connectivity index (χ1n) is 8.34. The van der Waals surface area contributed by atoms with E-state index in [0.717, 1.165) is 55.2 Å². The molecule has 22 heavy (non-hydrogen) atoms. The zero-order valence-corrected chi connectivity index (χ0v) is 14.6. The lowest BCUT2D eigenvalue weighted by Crippen LogP contribution is -2.47. The maximum Gasteiger partial charge on any atom is 0.131 e. The quantitative estimate of drug-likeness (QED) is 0.870. The SMILES string of the molecule is CC(C)c1nn(C)c(Cl)c1CNC[C@H]1CN(C2CC2)CCO1. The van der Waals surface area contributed by atoms with Gasteiger partial charge in [0.25, 0.3) is 0 Å². The molecule has 0 amide bonds. The Bertz CT molecular complexity index is 512. The van der Waals surface area contributed by atoms with Crippen LogP contribution in [-0.2, 0) is 18.3 Å². The average Bonchev–Trinajstić information content (AvgIpc) is 3.30.